The number of hydrogen-bond donors (Lipinski definition) is 0. The Labute approximate surface area is 68.2 Å². The van der Waals surface area contributed by atoms with Crippen molar-refractivity contribution in [2.24, 2.45) is 23.2 Å². The molecule has 0 heterocycles. The highest BCUT2D eigenvalue weighted by molar-refractivity contribution is 5.88. The summed E-state index contributed by atoms with van der Waals surface area (Å²) in [6.45, 7) is 6.55. The largest absolute Gasteiger partial charge is 0.299 e. The van der Waals surface area contributed by atoms with Gasteiger partial charge < -0.3 is 0 Å². The van der Waals surface area contributed by atoms with Crippen molar-refractivity contribution in [1.29, 1.82) is 0 Å². The van der Waals surface area contributed by atoms with E-state index < -0.39 is 0 Å². The Morgan fingerprint density at radius 2 is 2.00 bits per heavy atom. The first-order valence-corrected chi connectivity index (χ1v) is 4.59. The molecule has 2 aliphatic rings. The Morgan fingerprint density at radius 1 is 1.36 bits per heavy atom. The molecule has 1 heteroatoms. The van der Waals surface area contributed by atoms with Crippen LogP contribution in [0.1, 0.15) is 33.6 Å². The molecule has 2 rings (SSSR count). The number of fused-ring (bicyclic) bond motifs is 1. The van der Waals surface area contributed by atoms with E-state index in [9.17, 15) is 4.79 Å². The van der Waals surface area contributed by atoms with E-state index in [1.54, 1.807) is 0 Å². The van der Waals surface area contributed by atoms with Crippen LogP contribution in [0.3, 0.4) is 0 Å². The summed E-state index contributed by atoms with van der Waals surface area (Å²) in [6.07, 6.45) is 2.41. The molecule has 0 bridgehead atoms. The summed E-state index contributed by atoms with van der Waals surface area (Å²) < 4.78 is 0. The number of hydrogen-bond acceptors (Lipinski definition) is 1. The van der Waals surface area contributed by atoms with Crippen molar-refractivity contribution in [3.8, 4) is 0 Å². The van der Waals surface area contributed by atoms with Crippen LogP contribution in [0.2, 0.25) is 0 Å². The molecule has 3 atom stereocenters. The predicted octanol–water partition coefficient (Wildman–Crippen LogP) is 2.26. The fourth-order valence-electron chi connectivity index (χ4n) is 2.73. The lowest BCUT2D eigenvalue weighted by Gasteiger charge is -2.14. The van der Waals surface area contributed by atoms with E-state index in [4.69, 9.17) is 0 Å². The summed E-state index contributed by atoms with van der Waals surface area (Å²) >= 11 is 0. The molecule has 0 aliphatic heterocycles. The van der Waals surface area contributed by atoms with Crippen molar-refractivity contribution >= 4 is 5.78 Å². The van der Waals surface area contributed by atoms with E-state index in [0.29, 0.717) is 23.0 Å². The number of Topliss-reactive ketones (excluding diaryl/α,β-unsaturated/α-hetero) is 1. The lowest BCUT2D eigenvalue weighted by molar-refractivity contribution is -0.125. The van der Waals surface area contributed by atoms with Crippen LogP contribution in [-0.4, -0.2) is 5.78 Å². The Kier molecular flexibility index (Phi) is 1.25. The third-order valence-electron chi connectivity index (χ3n) is 3.75. The minimum atomic E-state index is 0.345. The van der Waals surface area contributed by atoms with E-state index in [2.05, 4.69) is 20.8 Å². The second-order valence-corrected chi connectivity index (χ2v) is 4.79. The van der Waals surface area contributed by atoms with Gasteiger partial charge in [0.2, 0.25) is 0 Å². The zero-order valence-corrected chi connectivity index (χ0v) is 7.55. The van der Waals surface area contributed by atoms with Gasteiger partial charge in [0.05, 0.1) is 0 Å². The molecule has 11 heavy (non-hydrogen) atoms. The van der Waals surface area contributed by atoms with Gasteiger partial charge in [-0.1, -0.05) is 20.8 Å². The first kappa shape index (κ1) is 7.33. The maximum Gasteiger partial charge on any atom is 0.139 e. The molecular formula is C10H16O. The van der Waals surface area contributed by atoms with Gasteiger partial charge in [0.15, 0.2) is 0 Å². The minimum Gasteiger partial charge on any atom is -0.299 e. The van der Waals surface area contributed by atoms with E-state index in [0.717, 1.165) is 12.3 Å². The molecule has 0 spiro atoms. The predicted molar refractivity (Wildman–Crippen MR) is 44.2 cm³/mol. The van der Waals surface area contributed by atoms with Gasteiger partial charge in [-0.2, -0.15) is 0 Å². The number of carbonyl (C=O) groups excluding carboxylic acids is 1. The molecule has 1 nitrogen and oxygen atoms in total. The second-order valence-electron chi connectivity index (χ2n) is 4.79. The molecule has 2 fully saturated rings. The van der Waals surface area contributed by atoms with E-state index in [1.807, 2.05) is 0 Å². The van der Waals surface area contributed by atoms with E-state index >= 15 is 0 Å². The third kappa shape index (κ3) is 0.800. The molecule has 0 aromatic rings. The minimum absolute atomic E-state index is 0.345. The summed E-state index contributed by atoms with van der Waals surface area (Å²) in [5.41, 5.74) is 0.349. The highest BCUT2D eigenvalue weighted by Gasteiger charge is 2.63. The average molecular weight is 152 g/mol. The van der Waals surface area contributed by atoms with Crippen LogP contribution in [-0.2, 0) is 4.79 Å². The normalized spacial score (nSPS) is 46.8. The number of ketones is 1. The first-order valence-electron chi connectivity index (χ1n) is 4.59. The zero-order chi connectivity index (χ0) is 8.22. The van der Waals surface area contributed by atoms with Gasteiger partial charge in [-0.3, -0.25) is 4.79 Å². The van der Waals surface area contributed by atoms with Crippen molar-refractivity contribution < 1.29 is 4.79 Å². The van der Waals surface area contributed by atoms with Crippen LogP contribution in [0.4, 0.5) is 0 Å². The quantitative estimate of drug-likeness (QED) is 0.520. The number of carbonyl (C=O) groups is 1. The topological polar surface area (TPSA) is 17.1 Å². The van der Waals surface area contributed by atoms with Crippen LogP contribution in [0.25, 0.3) is 0 Å². The van der Waals surface area contributed by atoms with Crippen molar-refractivity contribution in [3.05, 3.63) is 0 Å². The standard InChI is InChI=1S/C10H16O/c1-6-4-5-7-8(9(6)11)10(7,2)3/h6-8H,4-5H2,1-3H3/t6-,7-,8-/m0/s1. The van der Waals surface area contributed by atoms with Crippen LogP contribution in [0.15, 0.2) is 0 Å². The summed E-state index contributed by atoms with van der Waals surface area (Å²) in [5, 5.41) is 0. The molecule has 0 aromatic heterocycles. The van der Waals surface area contributed by atoms with Crippen LogP contribution in [0, 0.1) is 23.2 Å². The maximum absolute atomic E-state index is 11.6. The molecular weight excluding hydrogens is 136 g/mol. The smallest absolute Gasteiger partial charge is 0.139 e. The van der Waals surface area contributed by atoms with Gasteiger partial charge in [0.1, 0.15) is 5.78 Å². The Bertz CT molecular complexity index is 205. The summed E-state index contributed by atoms with van der Waals surface area (Å²) in [4.78, 5) is 11.6. The molecule has 0 N–H and O–H groups in total. The Balaban J connectivity index is 2.19. The van der Waals surface area contributed by atoms with Crippen molar-refractivity contribution in [2.75, 3.05) is 0 Å². The molecule has 62 valence electrons. The molecule has 0 saturated heterocycles. The Hall–Kier alpha value is -0.330. The molecule has 0 radical (unpaired) electrons. The number of rotatable bonds is 0. The second kappa shape index (κ2) is 1.88. The van der Waals surface area contributed by atoms with Gasteiger partial charge in [-0.15, -0.1) is 0 Å². The molecule has 2 aliphatic carbocycles. The lowest BCUT2D eigenvalue weighted by Crippen LogP contribution is -2.19. The monoisotopic (exact) mass is 152 g/mol. The molecule has 0 unspecified atom stereocenters. The Morgan fingerprint density at radius 3 is 2.55 bits per heavy atom. The van der Waals surface area contributed by atoms with Gasteiger partial charge >= 0.3 is 0 Å². The van der Waals surface area contributed by atoms with E-state index in [-0.39, 0.29) is 0 Å². The van der Waals surface area contributed by atoms with Gasteiger partial charge in [0, 0.05) is 11.8 Å². The highest BCUT2D eigenvalue weighted by Crippen LogP contribution is 2.64. The van der Waals surface area contributed by atoms with Crippen LogP contribution < -0.4 is 0 Å². The van der Waals surface area contributed by atoms with Gasteiger partial charge in [-0.05, 0) is 24.2 Å². The SMILES string of the molecule is C[C@H]1CC[C@H]2[C@@H](C1=O)C2(C)C. The first-order chi connectivity index (χ1) is 5.05. The highest BCUT2D eigenvalue weighted by atomic mass is 16.1. The molecule has 0 amide bonds. The molecule has 2 saturated carbocycles. The summed E-state index contributed by atoms with van der Waals surface area (Å²) in [5.74, 6) is 2.03. The fourth-order valence-corrected chi connectivity index (χ4v) is 2.73. The summed E-state index contributed by atoms with van der Waals surface area (Å²) in [6, 6.07) is 0. The average Bonchev–Trinajstić information content (AvgIpc) is 2.46. The maximum atomic E-state index is 11.6. The van der Waals surface area contributed by atoms with Crippen molar-refractivity contribution in [3.63, 3.8) is 0 Å². The van der Waals surface area contributed by atoms with Crippen molar-refractivity contribution in [2.45, 2.75) is 33.6 Å². The van der Waals surface area contributed by atoms with Crippen LogP contribution >= 0.6 is 0 Å². The lowest BCUT2D eigenvalue weighted by atomic mass is 9.90. The van der Waals surface area contributed by atoms with Crippen LogP contribution in [0.5, 0.6) is 0 Å². The van der Waals surface area contributed by atoms with Crippen molar-refractivity contribution in [1.82, 2.24) is 0 Å². The van der Waals surface area contributed by atoms with Gasteiger partial charge in [-0.25, -0.2) is 0 Å². The van der Waals surface area contributed by atoms with Gasteiger partial charge in [0.25, 0.3) is 0 Å². The van der Waals surface area contributed by atoms with E-state index in [1.165, 1.54) is 6.42 Å². The fraction of sp³-hybridized carbons (Fsp3) is 0.900. The zero-order valence-electron chi connectivity index (χ0n) is 7.55. The third-order valence-corrected chi connectivity index (χ3v) is 3.75. The molecule has 0 aromatic carbocycles. The summed E-state index contributed by atoms with van der Waals surface area (Å²) in [7, 11) is 0.